The molecule has 1 N–H and O–H groups in total. The third-order valence-electron chi connectivity index (χ3n) is 4.37. The van der Waals surface area contributed by atoms with Crippen molar-refractivity contribution in [2.45, 2.75) is 58.0 Å². The van der Waals surface area contributed by atoms with Gasteiger partial charge < -0.3 is 10.2 Å². The van der Waals surface area contributed by atoms with Crippen LogP contribution in [0.25, 0.3) is 0 Å². The van der Waals surface area contributed by atoms with Crippen LogP contribution < -0.4 is 10.2 Å². The number of nitrogens with one attached hydrogen (secondary N) is 1. The van der Waals surface area contributed by atoms with Crippen molar-refractivity contribution < 1.29 is 0 Å². The third kappa shape index (κ3) is 3.97. The van der Waals surface area contributed by atoms with Crippen molar-refractivity contribution in [2.24, 2.45) is 0 Å². The van der Waals surface area contributed by atoms with Crippen molar-refractivity contribution in [3.63, 3.8) is 0 Å². The van der Waals surface area contributed by atoms with E-state index < -0.39 is 0 Å². The predicted molar refractivity (Wildman–Crippen MR) is 83.9 cm³/mol. The van der Waals surface area contributed by atoms with E-state index in [-0.39, 0.29) is 0 Å². The Kier molecular flexibility index (Phi) is 5.26. The molecule has 0 atom stereocenters. The summed E-state index contributed by atoms with van der Waals surface area (Å²) >= 11 is 0. The molecule has 1 aromatic carbocycles. The molecule has 2 heteroatoms. The van der Waals surface area contributed by atoms with Crippen LogP contribution in [-0.2, 0) is 0 Å². The quantitative estimate of drug-likeness (QED) is 0.867. The SMILES string of the molecule is CCCNC1CCC(N(C)c2ccc(C)cc2)CC1. The number of rotatable bonds is 5. The lowest BCUT2D eigenvalue weighted by Crippen LogP contribution is -2.41. The minimum absolute atomic E-state index is 0.711. The topological polar surface area (TPSA) is 15.3 Å². The fourth-order valence-electron chi connectivity index (χ4n) is 3.01. The summed E-state index contributed by atoms with van der Waals surface area (Å²) in [5.41, 5.74) is 2.69. The van der Waals surface area contributed by atoms with E-state index in [1.54, 1.807) is 0 Å². The summed E-state index contributed by atoms with van der Waals surface area (Å²) in [4.78, 5) is 2.47. The molecule has 1 aromatic rings. The average Bonchev–Trinajstić information content (AvgIpc) is 2.46. The average molecular weight is 260 g/mol. The minimum Gasteiger partial charge on any atom is -0.372 e. The molecule has 2 nitrogen and oxygen atoms in total. The standard InChI is InChI=1S/C17H28N2/c1-4-13-18-15-7-11-17(12-8-15)19(3)16-9-5-14(2)6-10-16/h5-6,9-10,15,17-18H,4,7-8,11-13H2,1-3H3. The van der Waals surface area contributed by atoms with Gasteiger partial charge in [0.25, 0.3) is 0 Å². The number of anilines is 1. The zero-order valence-corrected chi connectivity index (χ0v) is 12.7. The number of nitrogens with zero attached hydrogens (tertiary/aromatic N) is 1. The van der Waals surface area contributed by atoms with Gasteiger partial charge in [0.1, 0.15) is 0 Å². The lowest BCUT2D eigenvalue weighted by Gasteiger charge is -2.36. The highest BCUT2D eigenvalue weighted by Crippen LogP contribution is 2.26. The van der Waals surface area contributed by atoms with E-state index in [0.29, 0.717) is 6.04 Å². The van der Waals surface area contributed by atoms with Crippen LogP contribution in [0, 0.1) is 6.92 Å². The highest BCUT2D eigenvalue weighted by atomic mass is 15.1. The molecule has 2 rings (SSSR count). The molecule has 0 aliphatic heterocycles. The van der Waals surface area contributed by atoms with Crippen molar-refractivity contribution in [3.8, 4) is 0 Å². The Morgan fingerprint density at radius 3 is 2.32 bits per heavy atom. The molecule has 0 amide bonds. The van der Waals surface area contributed by atoms with Gasteiger partial charge in [-0.1, -0.05) is 24.6 Å². The summed E-state index contributed by atoms with van der Waals surface area (Å²) < 4.78 is 0. The zero-order chi connectivity index (χ0) is 13.7. The Labute approximate surface area is 118 Å². The molecule has 1 aliphatic rings. The molecule has 0 spiro atoms. The second kappa shape index (κ2) is 6.95. The van der Waals surface area contributed by atoms with Crippen LogP contribution in [0.15, 0.2) is 24.3 Å². The Morgan fingerprint density at radius 1 is 1.11 bits per heavy atom. The van der Waals surface area contributed by atoms with Gasteiger partial charge in [-0.05, 0) is 57.7 Å². The predicted octanol–water partition coefficient (Wildman–Crippen LogP) is 3.74. The third-order valence-corrected chi connectivity index (χ3v) is 4.37. The molecule has 0 saturated heterocycles. The summed E-state index contributed by atoms with van der Waals surface area (Å²) in [7, 11) is 2.25. The maximum Gasteiger partial charge on any atom is 0.0366 e. The summed E-state index contributed by atoms with van der Waals surface area (Å²) in [6.45, 7) is 5.56. The number of hydrogen-bond acceptors (Lipinski definition) is 2. The summed E-state index contributed by atoms with van der Waals surface area (Å²) in [5.74, 6) is 0. The van der Waals surface area contributed by atoms with Gasteiger partial charge in [-0.2, -0.15) is 0 Å². The van der Waals surface area contributed by atoms with Crippen LogP contribution in [0.1, 0.15) is 44.6 Å². The van der Waals surface area contributed by atoms with Crippen molar-refractivity contribution in [2.75, 3.05) is 18.5 Å². The van der Waals surface area contributed by atoms with Gasteiger partial charge in [0, 0.05) is 24.8 Å². The van der Waals surface area contributed by atoms with Gasteiger partial charge in [0.05, 0.1) is 0 Å². The van der Waals surface area contributed by atoms with Crippen LogP contribution in [0.4, 0.5) is 5.69 Å². The molecule has 1 aliphatic carbocycles. The summed E-state index contributed by atoms with van der Waals surface area (Å²) in [6.07, 6.45) is 6.50. The van der Waals surface area contributed by atoms with Crippen molar-refractivity contribution >= 4 is 5.69 Å². The van der Waals surface area contributed by atoms with E-state index >= 15 is 0 Å². The van der Waals surface area contributed by atoms with Gasteiger partial charge in [-0.3, -0.25) is 0 Å². The molecule has 1 fully saturated rings. The molecule has 0 aromatic heterocycles. The van der Waals surface area contributed by atoms with Crippen LogP contribution >= 0.6 is 0 Å². The molecule has 19 heavy (non-hydrogen) atoms. The Bertz CT molecular complexity index is 363. The van der Waals surface area contributed by atoms with E-state index in [0.717, 1.165) is 6.04 Å². The molecule has 106 valence electrons. The first-order valence-corrected chi connectivity index (χ1v) is 7.73. The zero-order valence-electron chi connectivity index (χ0n) is 12.7. The van der Waals surface area contributed by atoms with Gasteiger partial charge in [-0.25, -0.2) is 0 Å². The lowest BCUT2D eigenvalue weighted by molar-refractivity contribution is 0.337. The molecule has 0 bridgehead atoms. The van der Waals surface area contributed by atoms with Crippen molar-refractivity contribution in [1.82, 2.24) is 5.32 Å². The molecule has 0 heterocycles. The Morgan fingerprint density at radius 2 is 1.74 bits per heavy atom. The first-order chi connectivity index (χ1) is 9.20. The number of hydrogen-bond donors (Lipinski definition) is 1. The molecular formula is C17H28N2. The molecular weight excluding hydrogens is 232 g/mol. The van der Waals surface area contributed by atoms with Crippen LogP contribution in [0.3, 0.4) is 0 Å². The maximum absolute atomic E-state index is 3.66. The number of benzene rings is 1. The van der Waals surface area contributed by atoms with E-state index in [1.807, 2.05) is 0 Å². The maximum atomic E-state index is 3.66. The molecule has 1 saturated carbocycles. The van der Waals surface area contributed by atoms with Crippen LogP contribution in [0.5, 0.6) is 0 Å². The lowest BCUT2D eigenvalue weighted by atomic mass is 9.90. The van der Waals surface area contributed by atoms with E-state index in [9.17, 15) is 0 Å². The molecule has 0 radical (unpaired) electrons. The van der Waals surface area contributed by atoms with Crippen molar-refractivity contribution in [3.05, 3.63) is 29.8 Å². The van der Waals surface area contributed by atoms with E-state index in [4.69, 9.17) is 0 Å². The second-order valence-electron chi connectivity index (χ2n) is 5.91. The first-order valence-electron chi connectivity index (χ1n) is 7.73. The highest BCUT2D eigenvalue weighted by Gasteiger charge is 2.23. The molecule has 0 unspecified atom stereocenters. The fraction of sp³-hybridized carbons (Fsp3) is 0.647. The fourth-order valence-corrected chi connectivity index (χ4v) is 3.01. The normalized spacial score (nSPS) is 23.3. The van der Waals surface area contributed by atoms with Crippen molar-refractivity contribution in [1.29, 1.82) is 0 Å². The van der Waals surface area contributed by atoms with Crippen LogP contribution in [0.2, 0.25) is 0 Å². The smallest absolute Gasteiger partial charge is 0.0366 e. The van der Waals surface area contributed by atoms with Gasteiger partial charge >= 0.3 is 0 Å². The second-order valence-corrected chi connectivity index (χ2v) is 5.91. The monoisotopic (exact) mass is 260 g/mol. The summed E-state index contributed by atoms with van der Waals surface area (Å²) in [5, 5.41) is 3.66. The Balaban J connectivity index is 1.85. The summed E-state index contributed by atoms with van der Waals surface area (Å²) in [6, 6.07) is 10.4. The van der Waals surface area contributed by atoms with Gasteiger partial charge in [0.2, 0.25) is 0 Å². The van der Waals surface area contributed by atoms with Gasteiger partial charge in [0.15, 0.2) is 0 Å². The van der Waals surface area contributed by atoms with Crippen LogP contribution in [-0.4, -0.2) is 25.7 Å². The largest absolute Gasteiger partial charge is 0.372 e. The van der Waals surface area contributed by atoms with E-state index in [1.165, 1.54) is 49.9 Å². The first kappa shape index (κ1) is 14.4. The Hall–Kier alpha value is -1.02. The van der Waals surface area contributed by atoms with E-state index in [2.05, 4.69) is 55.4 Å². The minimum atomic E-state index is 0.711. The number of aryl methyl sites for hydroxylation is 1. The van der Waals surface area contributed by atoms with Gasteiger partial charge in [-0.15, -0.1) is 0 Å². The highest BCUT2D eigenvalue weighted by molar-refractivity contribution is 5.47.